The SMILES string of the molecule is Cc1cccc(NC(=O)C(Cc2cccnc2)c2nn[nH]n2)c1C. The van der Waals surface area contributed by atoms with Crippen LogP contribution in [0.5, 0.6) is 0 Å². The third-order valence-corrected chi connectivity index (χ3v) is 4.02. The number of aryl methyl sites for hydroxylation is 1. The van der Waals surface area contributed by atoms with Gasteiger partial charge in [-0.1, -0.05) is 23.4 Å². The van der Waals surface area contributed by atoms with Crippen molar-refractivity contribution in [3.8, 4) is 0 Å². The average Bonchev–Trinajstić information content (AvgIpc) is 3.12. The minimum atomic E-state index is -0.548. The Morgan fingerprint density at radius 3 is 2.83 bits per heavy atom. The second-order valence-corrected chi connectivity index (χ2v) is 5.62. The number of hydrogen-bond acceptors (Lipinski definition) is 5. The van der Waals surface area contributed by atoms with Gasteiger partial charge in [0.05, 0.1) is 0 Å². The molecule has 0 aliphatic rings. The standard InChI is InChI=1S/C17H18N6O/c1-11-5-3-7-15(12(11)2)19-17(24)14(16-20-22-23-21-16)9-13-6-4-8-18-10-13/h3-8,10,14H,9H2,1-2H3,(H,19,24)(H,20,21,22,23). The second-order valence-electron chi connectivity index (χ2n) is 5.62. The number of nitrogens with one attached hydrogen (secondary N) is 2. The Kier molecular flexibility index (Phi) is 4.60. The first-order valence-corrected chi connectivity index (χ1v) is 7.64. The number of amides is 1. The normalized spacial score (nSPS) is 11.9. The van der Waals surface area contributed by atoms with Crippen molar-refractivity contribution in [3.63, 3.8) is 0 Å². The maximum Gasteiger partial charge on any atom is 0.235 e. The van der Waals surface area contributed by atoms with Crippen molar-refractivity contribution >= 4 is 11.6 Å². The molecular weight excluding hydrogens is 304 g/mol. The van der Waals surface area contributed by atoms with Gasteiger partial charge in [0.2, 0.25) is 5.91 Å². The van der Waals surface area contributed by atoms with E-state index >= 15 is 0 Å². The number of pyridine rings is 1. The monoisotopic (exact) mass is 322 g/mol. The molecule has 1 amide bonds. The van der Waals surface area contributed by atoms with Gasteiger partial charge in [-0.2, -0.15) is 5.21 Å². The molecule has 0 saturated heterocycles. The van der Waals surface area contributed by atoms with Crippen LogP contribution in [0.3, 0.4) is 0 Å². The third kappa shape index (κ3) is 3.45. The van der Waals surface area contributed by atoms with Crippen LogP contribution in [-0.4, -0.2) is 31.5 Å². The molecule has 3 rings (SSSR count). The summed E-state index contributed by atoms with van der Waals surface area (Å²) >= 11 is 0. The zero-order valence-electron chi connectivity index (χ0n) is 13.5. The first kappa shape index (κ1) is 15.8. The van der Waals surface area contributed by atoms with E-state index in [-0.39, 0.29) is 5.91 Å². The Labute approximate surface area is 139 Å². The number of aromatic amines is 1. The maximum atomic E-state index is 12.8. The number of tetrazole rings is 1. The molecule has 7 nitrogen and oxygen atoms in total. The highest BCUT2D eigenvalue weighted by Crippen LogP contribution is 2.22. The summed E-state index contributed by atoms with van der Waals surface area (Å²) in [6.07, 6.45) is 3.88. The number of H-pyrrole nitrogens is 1. The van der Waals surface area contributed by atoms with Crippen molar-refractivity contribution in [2.75, 3.05) is 5.32 Å². The molecular formula is C17H18N6O. The van der Waals surface area contributed by atoms with Gasteiger partial charge >= 0.3 is 0 Å². The zero-order chi connectivity index (χ0) is 16.9. The molecule has 1 unspecified atom stereocenters. The second kappa shape index (κ2) is 6.99. The summed E-state index contributed by atoms with van der Waals surface area (Å²) in [7, 11) is 0. The molecule has 0 fully saturated rings. The summed E-state index contributed by atoms with van der Waals surface area (Å²) in [5.74, 6) is -0.358. The molecule has 7 heteroatoms. The fourth-order valence-electron chi connectivity index (χ4n) is 2.48. The summed E-state index contributed by atoms with van der Waals surface area (Å²) in [6, 6.07) is 9.58. The zero-order valence-corrected chi connectivity index (χ0v) is 13.5. The minimum absolute atomic E-state index is 0.172. The van der Waals surface area contributed by atoms with E-state index in [9.17, 15) is 4.79 Å². The fourth-order valence-corrected chi connectivity index (χ4v) is 2.48. The molecule has 0 saturated carbocycles. The van der Waals surface area contributed by atoms with Crippen LogP contribution < -0.4 is 5.32 Å². The highest BCUT2D eigenvalue weighted by atomic mass is 16.1. The molecule has 1 aromatic carbocycles. The van der Waals surface area contributed by atoms with Crippen molar-refractivity contribution in [2.45, 2.75) is 26.2 Å². The third-order valence-electron chi connectivity index (χ3n) is 4.02. The largest absolute Gasteiger partial charge is 0.325 e. The van der Waals surface area contributed by atoms with Crippen molar-refractivity contribution in [1.29, 1.82) is 0 Å². The van der Waals surface area contributed by atoms with E-state index < -0.39 is 5.92 Å². The van der Waals surface area contributed by atoms with Crippen LogP contribution in [0.4, 0.5) is 5.69 Å². The summed E-state index contributed by atoms with van der Waals surface area (Å²) in [4.78, 5) is 16.9. The molecule has 0 radical (unpaired) electrons. The van der Waals surface area contributed by atoms with Gasteiger partial charge in [0, 0.05) is 18.1 Å². The van der Waals surface area contributed by atoms with Gasteiger partial charge in [0.15, 0.2) is 5.82 Å². The van der Waals surface area contributed by atoms with Gasteiger partial charge in [-0.05, 0) is 49.1 Å². The molecule has 0 aliphatic heterocycles. The summed E-state index contributed by atoms with van der Waals surface area (Å²) in [6.45, 7) is 3.99. The molecule has 2 heterocycles. The van der Waals surface area contributed by atoms with E-state index in [1.54, 1.807) is 12.4 Å². The fraction of sp³-hybridized carbons (Fsp3) is 0.235. The predicted molar refractivity (Wildman–Crippen MR) is 89.4 cm³/mol. The van der Waals surface area contributed by atoms with Gasteiger partial charge in [-0.3, -0.25) is 9.78 Å². The van der Waals surface area contributed by atoms with Gasteiger partial charge in [-0.25, -0.2) is 0 Å². The van der Waals surface area contributed by atoms with Crippen molar-refractivity contribution in [1.82, 2.24) is 25.6 Å². The van der Waals surface area contributed by atoms with E-state index in [1.807, 2.05) is 44.2 Å². The highest BCUT2D eigenvalue weighted by Gasteiger charge is 2.26. The summed E-state index contributed by atoms with van der Waals surface area (Å²) in [5, 5.41) is 16.9. The molecule has 0 bridgehead atoms. The molecule has 2 N–H and O–H groups in total. The van der Waals surface area contributed by atoms with Crippen LogP contribution in [0.25, 0.3) is 0 Å². The van der Waals surface area contributed by atoms with E-state index in [0.29, 0.717) is 12.2 Å². The Bertz CT molecular complexity index is 816. The lowest BCUT2D eigenvalue weighted by molar-refractivity contribution is -0.117. The van der Waals surface area contributed by atoms with E-state index in [2.05, 4.69) is 30.9 Å². The first-order valence-electron chi connectivity index (χ1n) is 7.64. The molecule has 122 valence electrons. The summed E-state index contributed by atoms with van der Waals surface area (Å²) < 4.78 is 0. The average molecular weight is 322 g/mol. The number of benzene rings is 1. The molecule has 2 aromatic heterocycles. The van der Waals surface area contributed by atoms with Gasteiger partial charge < -0.3 is 5.32 Å². The number of nitrogens with zero attached hydrogens (tertiary/aromatic N) is 4. The Morgan fingerprint density at radius 2 is 2.12 bits per heavy atom. The predicted octanol–water partition coefficient (Wildman–Crippen LogP) is 2.18. The van der Waals surface area contributed by atoms with Crippen LogP contribution in [-0.2, 0) is 11.2 Å². The van der Waals surface area contributed by atoms with Crippen molar-refractivity contribution < 1.29 is 4.79 Å². The van der Waals surface area contributed by atoms with Crippen LogP contribution in [0.2, 0.25) is 0 Å². The van der Waals surface area contributed by atoms with Crippen LogP contribution >= 0.6 is 0 Å². The lowest BCUT2D eigenvalue weighted by Gasteiger charge is -2.15. The smallest absolute Gasteiger partial charge is 0.235 e. The molecule has 1 atom stereocenters. The van der Waals surface area contributed by atoms with Crippen LogP contribution in [0.1, 0.15) is 28.4 Å². The number of aromatic nitrogens is 5. The van der Waals surface area contributed by atoms with Crippen molar-refractivity contribution in [3.05, 3.63) is 65.2 Å². The van der Waals surface area contributed by atoms with Crippen LogP contribution in [0.15, 0.2) is 42.7 Å². The highest BCUT2D eigenvalue weighted by molar-refractivity contribution is 5.96. The van der Waals surface area contributed by atoms with E-state index in [0.717, 1.165) is 22.4 Å². The Hall–Kier alpha value is -3.09. The number of hydrogen-bond donors (Lipinski definition) is 2. The lowest BCUT2D eigenvalue weighted by atomic mass is 9.98. The van der Waals surface area contributed by atoms with Gasteiger partial charge in [-0.15, -0.1) is 10.2 Å². The van der Waals surface area contributed by atoms with E-state index in [1.165, 1.54) is 0 Å². The van der Waals surface area contributed by atoms with Crippen LogP contribution in [0, 0.1) is 13.8 Å². The van der Waals surface area contributed by atoms with Crippen molar-refractivity contribution in [2.24, 2.45) is 0 Å². The number of anilines is 1. The minimum Gasteiger partial charge on any atom is -0.325 e. The van der Waals surface area contributed by atoms with Gasteiger partial charge in [0.25, 0.3) is 0 Å². The topological polar surface area (TPSA) is 96.5 Å². The lowest BCUT2D eigenvalue weighted by Crippen LogP contribution is -2.24. The number of rotatable bonds is 5. The van der Waals surface area contributed by atoms with Gasteiger partial charge in [0.1, 0.15) is 5.92 Å². The summed E-state index contributed by atoms with van der Waals surface area (Å²) in [5.41, 5.74) is 3.89. The number of carbonyl (C=O) groups excluding carboxylic acids is 1. The molecule has 24 heavy (non-hydrogen) atoms. The molecule has 0 aliphatic carbocycles. The number of carbonyl (C=O) groups is 1. The van der Waals surface area contributed by atoms with E-state index in [4.69, 9.17) is 0 Å². The molecule has 3 aromatic rings. The first-order chi connectivity index (χ1) is 11.6. The Morgan fingerprint density at radius 1 is 1.25 bits per heavy atom. The quantitative estimate of drug-likeness (QED) is 0.750. The Balaban J connectivity index is 1.85. The molecule has 0 spiro atoms. The maximum absolute atomic E-state index is 12.8.